The fourth-order valence-electron chi connectivity index (χ4n) is 2.35. The van der Waals surface area contributed by atoms with E-state index in [2.05, 4.69) is 34.3 Å². The lowest BCUT2D eigenvalue weighted by atomic mass is 9.99. The first-order valence-electron chi connectivity index (χ1n) is 6.10. The van der Waals surface area contributed by atoms with Crippen molar-refractivity contribution in [2.45, 2.75) is 32.7 Å². The van der Waals surface area contributed by atoms with E-state index in [1.807, 2.05) is 18.7 Å². The van der Waals surface area contributed by atoms with Gasteiger partial charge < -0.3 is 0 Å². The number of hydrogen-bond donors (Lipinski definition) is 2. The lowest BCUT2D eigenvalue weighted by molar-refractivity contribution is 0.511. The van der Waals surface area contributed by atoms with Crippen molar-refractivity contribution in [1.29, 1.82) is 0 Å². The van der Waals surface area contributed by atoms with Gasteiger partial charge in [0.15, 0.2) is 0 Å². The molecule has 0 aliphatic carbocycles. The number of hydrazine groups is 1. The first-order chi connectivity index (χ1) is 8.63. The number of nitrogens with zero attached hydrogens (tertiary/aromatic N) is 2. The second kappa shape index (κ2) is 5.65. The van der Waals surface area contributed by atoms with Crippen LogP contribution in [0, 0.1) is 13.8 Å². The van der Waals surface area contributed by atoms with Gasteiger partial charge in [0.2, 0.25) is 0 Å². The summed E-state index contributed by atoms with van der Waals surface area (Å²) in [4.78, 5) is 0. The van der Waals surface area contributed by atoms with Crippen molar-refractivity contribution < 1.29 is 0 Å². The summed E-state index contributed by atoms with van der Waals surface area (Å²) in [5.41, 5.74) is 7.77. The van der Waals surface area contributed by atoms with Crippen LogP contribution >= 0.6 is 11.3 Å². The van der Waals surface area contributed by atoms with Crippen LogP contribution < -0.4 is 11.3 Å². The van der Waals surface area contributed by atoms with Crippen LogP contribution in [0.2, 0.25) is 0 Å². The molecule has 0 bridgehead atoms. The van der Waals surface area contributed by atoms with Crippen LogP contribution in [0.5, 0.6) is 0 Å². The van der Waals surface area contributed by atoms with Gasteiger partial charge >= 0.3 is 0 Å². The van der Waals surface area contributed by atoms with Gasteiger partial charge in [0.25, 0.3) is 0 Å². The van der Waals surface area contributed by atoms with E-state index < -0.39 is 0 Å². The van der Waals surface area contributed by atoms with E-state index in [1.165, 1.54) is 16.8 Å². The van der Waals surface area contributed by atoms with Crippen LogP contribution in [-0.2, 0) is 13.5 Å². The molecule has 2 rings (SSSR count). The summed E-state index contributed by atoms with van der Waals surface area (Å²) >= 11 is 1.74. The maximum Gasteiger partial charge on any atom is 0.0644 e. The minimum atomic E-state index is 0.165. The van der Waals surface area contributed by atoms with Gasteiger partial charge in [-0.2, -0.15) is 16.4 Å². The number of rotatable bonds is 5. The average Bonchev–Trinajstić information content (AvgIpc) is 2.93. The lowest BCUT2D eigenvalue weighted by Crippen LogP contribution is -2.29. The summed E-state index contributed by atoms with van der Waals surface area (Å²) in [6.45, 7) is 4.13. The molecule has 0 spiro atoms. The number of thiophene rings is 1. The van der Waals surface area contributed by atoms with Gasteiger partial charge in [-0.25, -0.2) is 0 Å². The van der Waals surface area contributed by atoms with Crippen molar-refractivity contribution >= 4 is 11.3 Å². The third kappa shape index (κ3) is 2.63. The second-order valence-electron chi connectivity index (χ2n) is 4.60. The Morgan fingerprint density at radius 2 is 2.28 bits per heavy atom. The second-order valence-corrected chi connectivity index (χ2v) is 5.38. The summed E-state index contributed by atoms with van der Waals surface area (Å²) in [5.74, 6) is 5.71. The summed E-state index contributed by atoms with van der Waals surface area (Å²) in [6.07, 6.45) is 2.02. The Kier molecular flexibility index (Phi) is 4.16. The van der Waals surface area contributed by atoms with Crippen LogP contribution in [0.15, 0.2) is 16.8 Å². The molecule has 2 aromatic rings. The zero-order chi connectivity index (χ0) is 13.1. The van der Waals surface area contributed by atoms with E-state index in [-0.39, 0.29) is 6.04 Å². The van der Waals surface area contributed by atoms with Gasteiger partial charge in [0.1, 0.15) is 0 Å². The van der Waals surface area contributed by atoms with E-state index in [4.69, 9.17) is 5.84 Å². The molecule has 2 heterocycles. The summed E-state index contributed by atoms with van der Waals surface area (Å²) < 4.78 is 1.92. The maximum atomic E-state index is 5.71. The average molecular weight is 264 g/mol. The number of hydrogen-bond acceptors (Lipinski definition) is 4. The molecule has 4 nitrogen and oxygen atoms in total. The standard InChI is InChI=1S/C13H20N4S/c1-9-13(10(2)17(3)16-9)12(15-14)5-4-11-6-7-18-8-11/h6-8,12,15H,4-5,14H2,1-3H3. The topological polar surface area (TPSA) is 55.9 Å². The molecule has 0 fully saturated rings. The fourth-order valence-corrected chi connectivity index (χ4v) is 3.05. The van der Waals surface area contributed by atoms with Crippen molar-refractivity contribution in [3.8, 4) is 0 Å². The highest BCUT2D eigenvalue weighted by molar-refractivity contribution is 7.07. The maximum absolute atomic E-state index is 5.71. The van der Waals surface area contributed by atoms with Gasteiger partial charge in [-0.05, 0) is 49.1 Å². The minimum absolute atomic E-state index is 0.165. The smallest absolute Gasteiger partial charge is 0.0644 e. The SMILES string of the molecule is Cc1nn(C)c(C)c1C(CCc1ccsc1)NN. The van der Waals surface area contributed by atoms with Crippen LogP contribution in [0.3, 0.4) is 0 Å². The molecule has 1 atom stereocenters. The van der Waals surface area contributed by atoms with E-state index in [0.29, 0.717) is 0 Å². The molecule has 0 saturated carbocycles. The van der Waals surface area contributed by atoms with E-state index >= 15 is 0 Å². The Balaban J connectivity index is 2.13. The molecule has 5 heteroatoms. The molecular weight excluding hydrogens is 244 g/mol. The quantitative estimate of drug-likeness (QED) is 0.643. The Hall–Kier alpha value is -1.17. The van der Waals surface area contributed by atoms with Crippen LogP contribution in [0.25, 0.3) is 0 Å². The predicted molar refractivity (Wildman–Crippen MR) is 75.4 cm³/mol. The molecule has 0 aliphatic heterocycles. The molecule has 98 valence electrons. The van der Waals surface area contributed by atoms with Gasteiger partial charge in [0, 0.05) is 24.3 Å². The van der Waals surface area contributed by atoms with Crippen molar-refractivity contribution in [2.24, 2.45) is 12.9 Å². The van der Waals surface area contributed by atoms with E-state index in [0.717, 1.165) is 18.5 Å². The third-order valence-electron chi connectivity index (χ3n) is 3.42. The van der Waals surface area contributed by atoms with Crippen LogP contribution in [0.4, 0.5) is 0 Å². The highest BCUT2D eigenvalue weighted by Crippen LogP contribution is 2.25. The zero-order valence-corrected chi connectivity index (χ0v) is 11.9. The van der Waals surface area contributed by atoms with E-state index in [9.17, 15) is 0 Å². The number of nitrogens with one attached hydrogen (secondary N) is 1. The zero-order valence-electron chi connectivity index (χ0n) is 11.1. The highest BCUT2D eigenvalue weighted by atomic mass is 32.1. The lowest BCUT2D eigenvalue weighted by Gasteiger charge is -2.16. The first kappa shape index (κ1) is 13.3. The molecule has 18 heavy (non-hydrogen) atoms. The molecule has 2 aromatic heterocycles. The minimum Gasteiger partial charge on any atom is -0.272 e. The van der Waals surface area contributed by atoms with Gasteiger partial charge in [-0.1, -0.05) is 0 Å². The first-order valence-corrected chi connectivity index (χ1v) is 7.05. The number of nitrogens with two attached hydrogens (primary N) is 1. The molecule has 0 saturated heterocycles. The molecule has 0 amide bonds. The van der Waals surface area contributed by atoms with Crippen LogP contribution in [0.1, 0.15) is 35.0 Å². The number of aromatic nitrogens is 2. The monoisotopic (exact) mass is 264 g/mol. The molecular formula is C13H20N4S. The third-order valence-corrected chi connectivity index (χ3v) is 4.15. The summed E-state index contributed by atoms with van der Waals surface area (Å²) in [5, 5.41) is 8.75. The Morgan fingerprint density at radius 3 is 2.78 bits per heavy atom. The van der Waals surface area contributed by atoms with Crippen molar-refractivity contribution in [1.82, 2.24) is 15.2 Å². The Morgan fingerprint density at radius 1 is 1.50 bits per heavy atom. The molecule has 0 radical (unpaired) electrons. The van der Waals surface area contributed by atoms with Crippen LogP contribution in [-0.4, -0.2) is 9.78 Å². The molecule has 0 aromatic carbocycles. The van der Waals surface area contributed by atoms with Gasteiger partial charge in [-0.3, -0.25) is 16.0 Å². The fraction of sp³-hybridized carbons (Fsp3) is 0.462. The normalized spacial score (nSPS) is 12.9. The summed E-state index contributed by atoms with van der Waals surface area (Å²) in [6, 6.07) is 2.33. The van der Waals surface area contributed by atoms with Crippen molar-refractivity contribution in [3.05, 3.63) is 39.3 Å². The van der Waals surface area contributed by atoms with Crippen molar-refractivity contribution in [3.63, 3.8) is 0 Å². The molecule has 0 aliphatic rings. The molecule has 3 N–H and O–H groups in total. The largest absolute Gasteiger partial charge is 0.272 e. The van der Waals surface area contributed by atoms with Gasteiger partial charge in [0.05, 0.1) is 5.69 Å². The molecule has 1 unspecified atom stereocenters. The van der Waals surface area contributed by atoms with Crippen molar-refractivity contribution in [2.75, 3.05) is 0 Å². The predicted octanol–water partition coefficient (Wildman–Crippen LogP) is 2.24. The van der Waals surface area contributed by atoms with Gasteiger partial charge in [-0.15, -0.1) is 0 Å². The Bertz CT molecular complexity index is 501. The highest BCUT2D eigenvalue weighted by Gasteiger charge is 2.18. The van der Waals surface area contributed by atoms with E-state index in [1.54, 1.807) is 11.3 Å². The summed E-state index contributed by atoms with van der Waals surface area (Å²) in [7, 11) is 1.97. The number of aryl methyl sites for hydroxylation is 3. The Labute approximate surface area is 112 Å².